The molecule has 1 aromatic carbocycles. The van der Waals surface area contributed by atoms with Gasteiger partial charge in [0.15, 0.2) is 0 Å². The van der Waals surface area contributed by atoms with Crippen molar-refractivity contribution < 1.29 is 14.3 Å². The van der Waals surface area contributed by atoms with Crippen LogP contribution in [-0.4, -0.2) is 30.4 Å². The lowest BCUT2D eigenvalue weighted by molar-refractivity contribution is 0.0348. The Morgan fingerprint density at radius 1 is 1.25 bits per heavy atom. The van der Waals surface area contributed by atoms with Gasteiger partial charge >= 0.3 is 6.09 Å². The summed E-state index contributed by atoms with van der Waals surface area (Å²) < 4.78 is 11.1. The molecular formula is C15H22N2O3. The maximum atomic E-state index is 11.6. The number of rotatable bonds is 3. The molecule has 1 aromatic rings. The van der Waals surface area contributed by atoms with Gasteiger partial charge in [-0.25, -0.2) is 4.79 Å². The fourth-order valence-electron chi connectivity index (χ4n) is 1.86. The van der Waals surface area contributed by atoms with Crippen LogP contribution < -0.4 is 15.4 Å². The van der Waals surface area contributed by atoms with Gasteiger partial charge in [0.1, 0.15) is 17.0 Å². The molecule has 0 spiro atoms. The molecule has 1 fully saturated rings. The average Bonchev–Trinajstić information content (AvgIpc) is 2.27. The number of carbonyl (C=O) groups is 1. The van der Waals surface area contributed by atoms with Crippen LogP contribution in [0.5, 0.6) is 5.75 Å². The molecule has 0 bridgehead atoms. The molecule has 2 N–H and O–H groups in total. The number of amides is 1. The highest BCUT2D eigenvalue weighted by Crippen LogP contribution is 2.23. The maximum absolute atomic E-state index is 11.6. The van der Waals surface area contributed by atoms with E-state index in [2.05, 4.69) is 17.6 Å². The van der Waals surface area contributed by atoms with Gasteiger partial charge in [0, 0.05) is 18.8 Å². The first-order chi connectivity index (χ1) is 9.26. The summed E-state index contributed by atoms with van der Waals surface area (Å²) in [7, 11) is 0. The third-order valence-corrected chi connectivity index (χ3v) is 2.86. The van der Waals surface area contributed by atoms with E-state index in [9.17, 15) is 4.79 Å². The molecule has 110 valence electrons. The van der Waals surface area contributed by atoms with Gasteiger partial charge in [-0.15, -0.1) is 0 Å². The lowest BCUT2D eigenvalue weighted by atomic mass is 10.00. The second kappa shape index (κ2) is 5.32. The minimum atomic E-state index is -0.501. The van der Waals surface area contributed by atoms with Crippen LogP contribution in [0.25, 0.3) is 0 Å². The largest absolute Gasteiger partial charge is 0.485 e. The molecule has 0 aromatic heterocycles. The quantitative estimate of drug-likeness (QED) is 0.892. The van der Waals surface area contributed by atoms with Crippen LogP contribution >= 0.6 is 0 Å². The Hall–Kier alpha value is -1.75. The Kier molecular flexibility index (Phi) is 3.90. The number of anilines is 1. The predicted octanol–water partition coefficient (Wildman–Crippen LogP) is 2.77. The first-order valence-corrected chi connectivity index (χ1v) is 6.76. The Bertz CT molecular complexity index is 473. The van der Waals surface area contributed by atoms with Gasteiger partial charge in [-0.2, -0.15) is 0 Å². The average molecular weight is 278 g/mol. The van der Waals surface area contributed by atoms with E-state index < -0.39 is 11.7 Å². The Balaban J connectivity index is 1.89. The van der Waals surface area contributed by atoms with Gasteiger partial charge in [0.25, 0.3) is 0 Å². The molecule has 5 heteroatoms. The lowest BCUT2D eigenvalue weighted by Crippen LogP contribution is -2.60. The molecule has 1 aliphatic heterocycles. The fraction of sp³-hybridized carbons (Fsp3) is 0.533. The molecular weight excluding hydrogens is 256 g/mol. The van der Waals surface area contributed by atoms with E-state index in [1.54, 1.807) is 12.1 Å². The molecule has 1 aliphatic rings. The van der Waals surface area contributed by atoms with Gasteiger partial charge in [0.05, 0.1) is 0 Å². The first kappa shape index (κ1) is 14.7. The standard InChI is InChI=1S/C15H22N2O3/c1-14(2,3)20-13(18)17-11-5-7-12(8-6-11)19-15(4)9-16-10-15/h5-8,16H,9-10H2,1-4H3,(H,17,18). The van der Waals surface area contributed by atoms with Crippen molar-refractivity contribution in [3.8, 4) is 5.75 Å². The smallest absolute Gasteiger partial charge is 0.412 e. The normalized spacial score (nSPS) is 17.0. The summed E-state index contributed by atoms with van der Waals surface area (Å²) in [6.07, 6.45) is -0.457. The maximum Gasteiger partial charge on any atom is 0.412 e. The van der Waals surface area contributed by atoms with Gasteiger partial charge in [-0.05, 0) is 52.0 Å². The van der Waals surface area contributed by atoms with Gasteiger partial charge in [-0.3, -0.25) is 5.32 Å². The monoisotopic (exact) mass is 278 g/mol. The van der Waals surface area contributed by atoms with Gasteiger partial charge < -0.3 is 14.8 Å². The number of hydrogen-bond acceptors (Lipinski definition) is 4. The van der Waals surface area contributed by atoms with Crippen molar-refractivity contribution in [1.82, 2.24) is 5.32 Å². The molecule has 20 heavy (non-hydrogen) atoms. The molecule has 1 heterocycles. The highest BCUT2D eigenvalue weighted by atomic mass is 16.6. The lowest BCUT2D eigenvalue weighted by Gasteiger charge is -2.39. The Morgan fingerprint density at radius 2 is 1.85 bits per heavy atom. The van der Waals surface area contributed by atoms with E-state index in [1.165, 1.54) is 0 Å². The molecule has 1 saturated heterocycles. The van der Waals surface area contributed by atoms with Gasteiger partial charge in [-0.1, -0.05) is 0 Å². The van der Waals surface area contributed by atoms with Crippen molar-refractivity contribution in [2.45, 2.75) is 38.9 Å². The van der Waals surface area contributed by atoms with Crippen molar-refractivity contribution in [2.75, 3.05) is 18.4 Å². The highest BCUT2D eigenvalue weighted by molar-refractivity contribution is 5.84. The van der Waals surface area contributed by atoms with E-state index >= 15 is 0 Å². The fourth-order valence-corrected chi connectivity index (χ4v) is 1.86. The predicted molar refractivity (Wildman–Crippen MR) is 78.2 cm³/mol. The number of carbonyl (C=O) groups excluding carboxylic acids is 1. The summed E-state index contributed by atoms with van der Waals surface area (Å²) in [5, 5.41) is 5.87. The van der Waals surface area contributed by atoms with Crippen molar-refractivity contribution in [3.05, 3.63) is 24.3 Å². The number of hydrogen-bond donors (Lipinski definition) is 2. The molecule has 0 unspecified atom stereocenters. The summed E-state index contributed by atoms with van der Waals surface area (Å²) in [5.74, 6) is 0.795. The van der Waals surface area contributed by atoms with Crippen LogP contribution in [0.1, 0.15) is 27.7 Å². The minimum Gasteiger partial charge on any atom is -0.485 e. The second-order valence-corrected chi connectivity index (χ2v) is 6.31. The van der Waals surface area contributed by atoms with Crippen molar-refractivity contribution in [2.24, 2.45) is 0 Å². The number of benzene rings is 1. The third-order valence-electron chi connectivity index (χ3n) is 2.86. The second-order valence-electron chi connectivity index (χ2n) is 6.31. The van der Waals surface area contributed by atoms with Gasteiger partial charge in [0.2, 0.25) is 0 Å². The molecule has 0 aliphatic carbocycles. The zero-order chi connectivity index (χ0) is 14.8. The third kappa shape index (κ3) is 4.13. The van der Waals surface area contributed by atoms with E-state index in [1.807, 2.05) is 32.9 Å². The number of ether oxygens (including phenoxy) is 2. The molecule has 2 rings (SSSR count). The minimum absolute atomic E-state index is 0.125. The van der Waals surface area contributed by atoms with Crippen molar-refractivity contribution in [1.29, 1.82) is 0 Å². The molecule has 0 saturated carbocycles. The SMILES string of the molecule is CC(C)(C)OC(=O)Nc1ccc(OC2(C)CNC2)cc1. The van der Waals surface area contributed by atoms with Crippen LogP contribution in [0.3, 0.4) is 0 Å². The summed E-state index contributed by atoms with van der Waals surface area (Å²) in [6.45, 7) is 9.26. The molecule has 0 radical (unpaired) electrons. The van der Waals surface area contributed by atoms with Crippen LogP contribution in [0.2, 0.25) is 0 Å². The summed E-state index contributed by atoms with van der Waals surface area (Å²) >= 11 is 0. The zero-order valence-corrected chi connectivity index (χ0v) is 12.4. The topological polar surface area (TPSA) is 59.6 Å². The van der Waals surface area contributed by atoms with Crippen LogP contribution in [0.4, 0.5) is 10.5 Å². The number of nitrogens with one attached hydrogen (secondary N) is 2. The highest BCUT2D eigenvalue weighted by Gasteiger charge is 2.33. The van der Waals surface area contributed by atoms with E-state index in [0.29, 0.717) is 5.69 Å². The van der Waals surface area contributed by atoms with E-state index in [4.69, 9.17) is 9.47 Å². The Morgan fingerprint density at radius 3 is 2.30 bits per heavy atom. The first-order valence-electron chi connectivity index (χ1n) is 6.76. The van der Waals surface area contributed by atoms with Crippen molar-refractivity contribution in [3.63, 3.8) is 0 Å². The molecule has 0 atom stereocenters. The summed E-state index contributed by atoms with van der Waals surface area (Å²) in [5.41, 5.74) is 0.0579. The van der Waals surface area contributed by atoms with Crippen LogP contribution in [-0.2, 0) is 4.74 Å². The Labute approximate surface area is 119 Å². The molecule has 1 amide bonds. The van der Waals surface area contributed by atoms with Crippen LogP contribution in [0.15, 0.2) is 24.3 Å². The van der Waals surface area contributed by atoms with Crippen molar-refractivity contribution >= 4 is 11.8 Å². The molecule has 5 nitrogen and oxygen atoms in total. The van der Waals surface area contributed by atoms with E-state index in [0.717, 1.165) is 18.8 Å². The summed E-state index contributed by atoms with van der Waals surface area (Å²) in [4.78, 5) is 11.6. The summed E-state index contributed by atoms with van der Waals surface area (Å²) in [6, 6.07) is 7.29. The van der Waals surface area contributed by atoms with Crippen LogP contribution in [0, 0.1) is 0 Å². The van der Waals surface area contributed by atoms with E-state index in [-0.39, 0.29) is 5.60 Å². The zero-order valence-electron chi connectivity index (χ0n) is 12.4.